The van der Waals surface area contributed by atoms with Crippen molar-refractivity contribution in [3.8, 4) is 6.07 Å². The number of aromatic nitrogens is 1. The molecule has 3 heterocycles. The van der Waals surface area contributed by atoms with Gasteiger partial charge in [-0.15, -0.1) is 0 Å². The summed E-state index contributed by atoms with van der Waals surface area (Å²) >= 11 is 0. The van der Waals surface area contributed by atoms with Crippen molar-refractivity contribution in [1.29, 1.82) is 5.26 Å². The zero-order valence-electron chi connectivity index (χ0n) is 16.5. The molecule has 4 rings (SSSR count). The van der Waals surface area contributed by atoms with Gasteiger partial charge in [0, 0.05) is 24.1 Å². The second kappa shape index (κ2) is 7.94. The maximum Gasteiger partial charge on any atom is 0.246 e. The summed E-state index contributed by atoms with van der Waals surface area (Å²) in [6.07, 6.45) is 4.06. The van der Waals surface area contributed by atoms with Crippen LogP contribution < -0.4 is 10.3 Å². The summed E-state index contributed by atoms with van der Waals surface area (Å²) in [7, 11) is 0. The van der Waals surface area contributed by atoms with Crippen LogP contribution in [-0.2, 0) is 9.53 Å². The Morgan fingerprint density at radius 3 is 2.76 bits per heavy atom. The van der Waals surface area contributed by atoms with Gasteiger partial charge in [-0.2, -0.15) is 5.26 Å². The van der Waals surface area contributed by atoms with Crippen LogP contribution in [0.2, 0.25) is 0 Å². The highest BCUT2D eigenvalue weighted by molar-refractivity contribution is 5.77. The lowest BCUT2D eigenvalue weighted by atomic mass is 10.1. The Labute approximate surface area is 170 Å². The van der Waals surface area contributed by atoms with Crippen molar-refractivity contribution in [2.75, 3.05) is 24.7 Å². The van der Waals surface area contributed by atoms with Crippen LogP contribution in [0.25, 0.3) is 0 Å². The Morgan fingerprint density at radius 1 is 1.28 bits per heavy atom. The lowest BCUT2D eigenvalue weighted by Gasteiger charge is -2.38. The van der Waals surface area contributed by atoms with Gasteiger partial charge in [-0.3, -0.25) is 19.8 Å². The van der Waals surface area contributed by atoms with Crippen molar-refractivity contribution in [3.63, 3.8) is 0 Å². The summed E-state index contributed by atoms with van der Waals surface area (Å²) in [5.74, 6) is -0.0857. The number of benzene rings is 1. The number of anilines is 1. The molecule has 0 aliphatic carbocycles. The van der Waals surface area contributed by atoms with Gasteiger partial charge in [0.25, 0.3) is 0 Å². The molecule has 1 fully saturated rings. The van der Waals surface area contributed by atoms with E-state index in [1.165, 1.54) is 0 Å². The van der Waals surface area contributed by atoms with Crippen LogP contribution >= 0.6 is 0 Å². The monoisotopic (exact) mass is 389 g/mol. The number of hydrazine groups is 1. The van der Waals surface area contributed by atoms with Gasteiger partial charge in [-0.05, 0) is 55.8 Å². The molecule has 0 bridgehead atoms. The number of ether oxygens (including phenoxy) is 1. The van der Waals surface area contributed by atoms with Crippen LogP contribution in [0.3, 0.4) is 0 Å². The van der Waals surface area contributed by atoms with Crippen LogP contribution in [0.4, 0.5) is 5.69 Å². The van der Waals surface area contributed by atoms with E-state index in [1.807, 2.05) is 38.2 Å². The summed E-state index contributed by atoms with van der Waals surface area (Å²) < 4.78 is 5.68. The van der Waals surface area contributed by atoms with Crippen molar-refractivity contribution >= 4 is 11.6 Å². The first-order valence-electron chi connectivity index (χ1n) is 9.61. The number of rotatable bonds is 4. The number of morpholine rings is 1. The number of hydrogen-bond acceptors (Lipinski definition) is 6. The summed E-state index contributed by atoms with van der Waals surface area (Å²) in [6, 6.07) is 13.9. The lowest BCUT2D eigenvalue weighted by molar-refractivity contribution is -0.133. The molecule has 1 saturated heterocycles. The van der Waals surface area contributed by atoms with Crippen molar-refractivity contribution in [1.82, 2.24) is 15.3 Å². The topological polar surface area (TPSA) is 81.5 Å². The Morgan fingerprint density at radius 2 is 2.07 bits per heavy atom. The Balaban J connectivity index is 1.67. The molecule has 2 unspecified atom stereocenters. The zero-order chi connectivity index (χ0) is 20.4. The highest BCUT2D eigenvalue weighted by Gasteiger charge is 2.31. The van der Waals surface area contributed by atoms with E-state index in [4.69, 9.17) is 4.74 Å². The molecule has 7 nitrogen and oxygen atoms in total. The van der Waals surface area contributed by atoms with Crippen molar-refractivity contribution < 1.29 is 9.53 Å². The molecule has 2 aliphatic rings. The number of pyridine rings is 1. The number of nitriles is 1. The molecule has 2 atom stereocenters. The minimum absolute atomic E-state index is 0.0254. The fourth-order valence-corrected chi connectivity index (χ4v) is 3.82. The van der Waals surface area contributed by atoms with E-state index >= 15 is 0 Å². The van der Waals surface area contributed by atoms with Crippen molar-refractivity contribution in [3.05, 3.63) is 71.2 Å². The Kier molecular flexibility index (Phi) is 5.19. The van der Waals surface area contributed by atoms with E-state index in [1.54, 1.807) is 6.07 Å². The molecule has 2 aromatic rings. The standard InChI is InChI=1S/C22H23N5O2/c1-15-8-18(9-16(2)25-15)21-6-7-26(13-20-12-24-22(28)14-29-20)27(21)19-5-3-4-17(10-19)11-23/h3-10,20-21H,12-14H2,1-2H3,(H,24,28). The van der Waals surface area contributed by atoms with Crippen molar-refractivity contribution in [2.24, 2.45) is 0 Å². The maximum atomic E-state index is 11.4. The Hall–Kier alpha value is -3.37. The predicted octanol–water partition coefficient (Wildman–Crippen LogP) is 2.38. The van der Waals surface area contributed by atoms with Crippen LogP contribution in [0, 0.1) is 25.2 Å². The number of aryl methyl sites for hydroxylation is 2. The number of amides is 1. The van der Waals surface area contributed by atoms with Gasteiger partial charge in [0.05, 0.1) is 36.0 Å². The lowest BCUT2D eigenvalue weighted by Crippen LogP contribution is -2.50. The molecule has 1 aromatic carbocycles. The highest BCUT2D eigenvalue weighted by atomic mass is 16.5. The molecule has 0 spiro atoms. The van der Waals surface area contributed by atoms with Gasteiger partial charge in [-0.25, -0.2) is 0 Å². The van der Waals surface area contributed by atoms with Gasteiger partial charge in [0.2, 0.25) is 5.91 Å². The fraction of sp³-hybridized carbons (Fsp3) is 0.318. The average Bonchev–Trinajstić information content (AvgIpc) is 3.12. The van der Waals surface area contributed by atoms with Gasteiger partial charge < -0.3 is 10.1 Å². The third kappa shape index (κ3) is 4.08. The van der Waals surface area contributed by atoms with Crippen molar-refractivity contribution in [2.45, 2.75) is 26.0 Å². The predicted molar refractivity (Wildman–Crippen MR) is 109 cm³/mol. The smallest absolute Gasteiger partial charge is 0.246 e. The van der Waals surface area contributed by atoms with E-state index < -0.39 is 0 Å². The minimum Gasteiger partial charge on any atom is -0.365 e. The molecule has 29 heavy (non-hydrogen) atoms. The van der Waals surface area contributed by atoms with Crippen LogP contribution in [-0.4, -0.2) is 41.7 Å². The summed E-state index contributed by atoms with van der Waals surface area (Å²) in [5.41, 5.74) is 4.60. The van der Waals surface area contributed by atoms with Gasteiger partial charge in [-0.1, -0.05) is 6.07 Å². The molecule has 0 saturated carbocycles. The quantitative estimate of drug-likeness (QED) is 0.865. The van der Waals surface area contributed by atoms with Crippen LogP contribution in [0.15, 0.2) is 48.7 Å². The number of carbonyl (C=O) groups excluding carboxylic acids is 1. The number of hydrogen-bond donors (Lipinski definition) is 1. The van der Waals surface area contributed by atoms with E-state index in [-0.39, 0.29) is 24.7 Å². The maximum absolute atomic E-state index is 11.4. The van der Waals surface area contributed by atoms with E-state index in [0.717, 1.165) is 22.6 Å². The molecular formula is C22H23N5O2. The Bertz CT molecular complexity index is 967. The minimum atomic E-state index is -0.112. The number of nitrogens with one attached hydrogen (secondary N) is 1. The molecule has 148 valence electrons. The van der Waals surface area contributed by atoms with Gasteiger partial charge in [0.1, 0.15) is 6.61 Å². The highest BCUT2D eigenvalue weighted by Crippen LogP contribution is 2.35. The average molecular weight is 389 g/mol. The first-order valence-corrected chi connectivity index (χ1v) is 9.61. The largest absolute Gasteiger partial charge is 0.365 e. The summed E-state index contributed by atoms with van der Waals surface area (Å²) in [6.45, 7) is 5.14. The van der Waals surface area contributed by atoms with Crippen LogP contribution in [0.5, 0.6) is 0 Å². The van der Waals surface area contributed by atoms with E-state index in [0.29, 0.717) is 18.7 Å². The zero-order valence-corrected chi connectivity index (χ0v) is 16.5. The van der Waals surface area contributed by atoms with E-state index in [9.17, 15) is 10.1 Å². The molecule has 1 amide bonds. The van der Waals surface area contributed by atoms with Crippen LogP contribution in [0.1, 0.15) is 28.6 Å². The first kappa shape index (κ1) is 19.0. The van der Waals surface area contributed by atoms with E-state index in [2.05, 4.69) is 44.6 Å². The third-order valence-electron chi connectivity index (χ3n) is 5.03. The second-order valence-corrected chi connectivity index (χ2v) is 7.34. The molecule has 2 aliphatic heterocycles. The molecule has 1 N–H and O–H groups in total. The summed E-state index contributed by atoms with van der Waals surface area (Å²) in [5, 5.41) is 16.5. The first-order chi connectivity index (χ1) is 14.0. The van der Waals surface area contributed by atoms with Gasteiger partial charge in [0.15, 0.2) is 0 Å². The molecule has 0 radical (unpaired) electrons. The second-order valence-electron chi connectivity index (χ2n) is 7.34. The third-order valence-corrected chi connectivity index (χ3v) is 5.03. The molecular weight excluding hydrogens is 366 g/mol. The SMILES string of the molecule is Cc1cc(C2C=CN(CC3CNC(=O)CO3)N2c2cccc(C#N)c2)cc(C)n1. The number of nitrogens with zero attached hydrogens (tertiary/aromatic N) is 4. The molecule has 1 aromatic heterocycles. The summed E-state index contributed by atoms with van der Waals surface area (Å²) in [4.78, 5) is 15.9. The fourth-order valence-electron chi connectivity index (χ4n) is 3.82. The molecule has 7 heteroatoms. The normalized spacial score (nSPS) is 21.2. The van der Waals surface area contributed by atoms with Gasteiger partial charge >= 0.3 is 0 Å². The number of carbonyl (C=O) groups is 1.